The topological polar surface area (TPSA) is 73.9 Å². The Labute approximate surface area is 137 Å². The standard InChI is InChI=1S/C16H18BrNO4/c1-20-15-8-13(17)16(21-2)7-12(15)14(19)9-22-11-5-3-4-10(18)6-11/h3-8,14,19H,9,18H2,1-2H3. The maximum Gasteiger partial charge on any atom is 0.133 e. The molecule has 0 amide bonds. The first-order valence-corrected chi connectivity index (χ1v) is 7.42. The molecule has 6 heteroatoms. The van der Waals surface area contributed by atoms with Crippen molar-refractivity contribution < 1.29 is 19.3 Å². The van der Waals surface area contributed by atoms with E-state index in [2.05, 4.69) is 15.9 Å². The van der Waals surface area contributed by atoms with Gasteiger partial charge in [-0.25, -0.2) is 0 Å². The van der Waals surface area contributed by atoms with Gasteiger partial charge in [0, 0.05) is 17.3 Å². The fourth-order valence-corrected chi connectivity index (χ4v) is 2.50. The summed E-state index contributed by atoms with van der Waals surface area (Å²) < 4.78 is 16.9. The van der Waals surface area contributed by atoms with Crippen LogP contribution in [-0.2, 0) is 0 Å². The number of aliphatic hydroxyl groups excluding tert-OH is 1. The van der Waals surface area contributed by atoms with Crippen molar-refractivity contribution in [2.75, 3.05) is 26.6 Å². The summed E-state index contributed by atoms with van der Waals surface area (Å²) in [7, 11) is 3.11. The molecule has 0 saturated heterocycles. The summed E-state index contributed by atoms with van der Waals surface area (Å²) in [5.41, 5.74) is 6.89. The Hall–Kier alpha value is -1.92. The van der Waals surface area contributed by atoms with E-state index in [1.165, 1.54) is 0 Å². The largest absolute Gasteiger partial charge is 0.496 e. The number of hydrogen-bond acceptors (Lipinski definition) is 5. The van der Waals surface area contributed by atoms with Gasteiger partial charge in [-0.05, 0) is 40.2 Å². The molecule has 0 bridgehead atoms. The average molecular weight is 368 g/mol. The molecule has 2 rings (SSSR count). The lowest BCUT2D eigenvalue weighted by Crippen LogP contribution is -2.11. The molecule has 0 aliphatic heterocycles. The second kappa shape index (κ2) is 7.38. The van der Waals surface area contributed by atoms with E-state index in [4.69, 9.17) is 19.9 Å². The first-order valence-electron chi connectivity index (χ1n) is 6.63. The predicted octanol–water partition coefficient (Wildman–Crippen LogP) is 3.16. The Morgan fingerprint density at radius 2 is 1.86 bits per heavy atom. The van der Waals surface area contributed by atoms with E-state index in [1.807, 2.05) is 0 Å². The molecule has 1 atom stereocenters. The number of halogens is 1. The van der Waals surface area contributed by atoms with Gasteiger partial charge >= 0.3 is 0 Å². The minimum absolute atomic E-state index is 0.0740. The number of nitrogen functional groups attached to an aromatic ring is 1. The maximum atomic E-state index is 10.4. The molecule has 0 radical (unpaired) electrons. The van der Waals surface area contributed by atoms with Gasteiger partial charge in [-0.3, -0.25) is 0 Å². The van der Waals surface area contributed by atoms with Gasteiger partial charge in [-0.1, -0.05) is 6.07 Å². The fourth-order valence-electron chi connectivity index (χ4n) is 2.01. The van der Waals surface area contributed by atoms with Crippen LogP contribution in [0.15, 0.2) is 40.9 Å². The summed E-state index contributed by atoms with van der Waals surface area (Å²) in [5, 5.41) is 10.4. The summed E-state index contributed by atoms with van der Waals surface area (Å²) >= 11 is 3.38. The van der Waals surface area contributed by atoms with Crippen molar-refractivity contribution in [2.24, 2.45) is 0 Å². The van der Waals surface area contributed by atoms with Crippen molar-refractivity contribution >= 4 is 21.6 Å². The van der Waals surface area contributed by atoms with Crippen LogP contribution in [0.5, 0.6) is 17.2 Å². The summed E-state index contributed by atoms with van der Waals surface area (Å²) in [6.45, 7) is 0.0740. The van der Waals surface area contributed by atoms with Gasteiger partial charge in [-0.2, -0.15) is 0 Å². The molecule has 0 aliphatic rings. The van der Waals surface area contributed by atoms with Crippen LogP contribution in [0.2, 0.25) is 0 Å². The van der Waals surface area contributed by atoms with Crippen LogP contribution >= 0.6 is 15.9 Å². The van der Waals surface area contributed by atoms with Crippen LogP contribution in [0.3, 0.4) is 0 Å². The molecule has 0 spiro atoms. The van der Waals surface area contributed by atoms with Crippen molar-refractivity contribution in [3.05, 3.63) is 46.4 Å². The molecule has 118 valence electrons. The molecule has 2 aromatic rings. The molecular formula is C16H18BrNO4. The van der Waals surface area contributed by atoms with Gasteiger partial charge in [0.05, 0.1) is 18.7 Å². The molecular weight excluding hydrogens is 350 g/mol. The lowest BCUT2D eigenvalue weighted by atomic mass is 10.1. The molecule has 0 saturated carbocycles. The Morgan fingerprint density at radius 3 is 2.50 bits per heavy atom. The van der Waals surface area contributed by atoms with Crippen molar-refractivity contribution in [1.29, 1.82) is 0 Å². The molecule has 0 heterocycles. The molecule has 0 aliphatic carbocycles. The first kappa shape index (κ1) is 16.5. The normalized spacial score (nSPS) is 11.8. The second-order valence-electron chi connectivity index (χ2n) is 4.63. The number of nitrogens with two attached hydrogens (primary N) is 1. The van der Waals surface area contributed by atoms with Gasteiger partial charge in [0.2, 0.25) is 0 Å². The zero-order valence-electron chi connectivity index (χ0n) is 12.4. The van der Waals surface area contributed by atoms with Crippen LogP contribution in [-0.4, -0.2) is 25.9 Å². The smallest absolute Gasteiger partial charge is 0.133 e. The van der Waals surface area contributed by atoms with E-state index < -0.39 is 6.10 Å². The van der Waals surface area contributed by atoms with Crippen molar-refractivity contribution in [1.82, 2.24) is 0 Å². The summed E-state index contributed by atoms with van der Waals surface area (Å²) in [4.78, 5) is 0. The van der Waals surface area contributed by atoms with E-state index in [-0.39, 0.29) is 6.61 Å². The predicted molar refractivity (Wildman–Crippen MR) is 88.6 cm³/mol. The summed E-state index contributed by atoms with van der Waals surface area (Å²) in [6.07, 6.45) is -0.863. The Morgan fingerprint density at radius 1 is 1.14 bits per heavy atom. The minimum Gasteiger partial charge on any atom is -0.496 e. The highest BCUT2D eigenvalue weighted by atomic mass is 79.9. The van der Waals surface area contributed by atoms with Gasteiger partial charge < -0.3 is 25.1 Å². The molecule has 1 unspecified atom stereocenters. The number of rotatable bonds is 6. The number of benzene rings is 2. The molecule has 0 aromatic heterocycles. The SMILES string of the molecule is COc1cc(C(O)COc2cccc(N)c2)c(OC)cc1Br. The Kier molecular flexibility index (Phi) is 5.51. The zero-order chi connectivity index (χ0) is 16.1. The number of anilines is 1. The Balaban J connectivity index is 2.16. The van der Waals surface area contributed by atoms with Crippen molar-refractivity contribution in [3.8, 4) is 17.2 Å². The van der Waals surface area contributed by atoms with Crippen molar-refractivity contribution in [2.45, 2.75) is 6.10 Å². The third-order valence-electron chi connectivity index (χ3n) is 3.13. The second-order valence-corrected chi connectivity index (χ2v) is 5.48. The van der Waals surface area contributed by atoms with Gasteiger partial charge in [0.15, 0.2) is 0 Å². The van der Waals surface area contributed by atoms with Gasteiger partial charge in [0.1, 0.15) is 30.0 Å². The minimum atomic E-state index is -0.863. The quantitative estimate of drug-likeness (QED) is 0.767. The van der Waals surface area contributed by atoms with E-state index in [1.54, 1.807) is 50.6 Å². The third-order valence-corrected chi connectivity index (χ3v) is 3.75. The number of ether oxygens (including phenoxy) is 3. The van der Waals surface area contributed by atoms with E-state index in [9.17, 15) is 5.11 Å². The number of aliphatic hydroxyl groups is 1. The van der Waals surface area contributed by atoms with Crippen LogP contribution in [0.4, 0.5) is 5.69 Å². The lowest BCUT2D eigenvalue weighted by molar-refractivity contribution is 0.105. The van der Waals surface area contributed by atoms with Crippen LogP contribution in [0.1, 0.15) is 11.7 Å². The highest BCUT2D eigenvalue weighted by Crippen LogP contribution is 2.36. The molecule has 5 nitrogen and oxygen atoms in total. The monoisotopic (exact) mass is 367 g/mol. The lowest BCUT2D eigenvalue weighted by Gasteiger charge is -2.17. The fraction of sp³-hybridized carbons (Fsp3) is 0.250. The van der Waals surface area contributed by atoms with Crippen molar-refractivity contribution in [3.63, 3.8) is 0 Å². The van der Waals surface area contributed by atoms with Gasteiger partial charge in [0.25, 0.3) is 0 Å². The average Bonchev–Trinajstić information content (AvgIpc) is 2.52. The maximum absolute atomic E-state index is 10.4. The molecule has 3 N–H and O–H groups in total. The molecule has 2 aromatic carbocycles. The van der Waals surface area contributed by atoms with Crippen LogP contribution < -0.4 is 19.9 Å². The molecule has 0 fully saturated rings. The van der Waals surface area contributed by atoms with Crippen LogP contribution in [0.25, 0.3) is 0 Å². The van der Waals surface area contributed by atoms with E-state index in [0.29, 0.717) is 28.5 Å². The van der Waals surface area contributed by atoms with Crippen LogP contribution in [0, 0.1) is 0 Å². The molecule has 22 heavy (non-hydrogen) atoms. The van der Waals surface area contributed by atoms with E-state index in [0.717, 1.165) is 4.47 Å². The summed E-state index contributed by atoms with van der Waals surface area (Å²) in [6, 6.07) is 10.5. The third kappa shape index (κ3) is 3.84. The zero-order valence-corrected chi connectivity index (χ0v) is 14.0. The van der Waals surface area contributed by atoms with Gasteiger partial charge in [-0.15, -0.1) is 0 Å². The highest BCUT2D eigenvalue weighted by molar-refractivity contribution is 9.10. The van der Waals surface area contributed by atoms with E-state index >= 15 is 0 Å². The first-order chi connectivity index (χ1) is 10.5. The Bertz CT molecular complexity index is 648. The number of methoxy groups -OCH3 is 2. The summed E-state index contributed by atoms with van der Waals surface area (Å²) in [5.74, 6) is 1.76. The highest BCUT2D eigenvalue weighted by Gasteiger charge is 2.17. The number of hydrogen-bond donors (Lipinski definition) is 2.